The van der Waals surface area contributed by atoms with Crippen molar-refractivity contribution < 1.29 is 4.74 Å². The van der Waals surface area contributed by atoms with Crippen molar-refractivity contribution in [1.29, 1.82) is 0 Å². The van der Waals surface area contributed by atoms with Crippen molar-refractivity contribution in [2.45, 2.75) is 27.7 Å². The molecule has 96 valence electrons. The standard InChI is InChI=1S/C14H16BrNOS/c1-7-6-8(2)11(12(17-5)9(7)3)14-16-10(4)13(15)18-14/h6H,1-5H3. The molecular formula is C14H16BrNOS. The summed E-state index contributed by atoms with van der Waals surface area (Å²) in [5, 5.41) is 1.01. The number of aryl methyl sites for hydroxylation is 3. The van der Waals surface area contributed by atoms with Crippen LogP contribution in [0.25, 0.3) is 10.6 Å². The van der Waals surface area contributed by atoms with Gasteiger partial charge in [0, 0.05) is 0 Å². The number of hydrogen-bond donors (Lipinski definition) is 0. The number of benzene rings is 1. The van der Waals surface area contributed by atoms with Crippen LogP contribution in [0.1, 0.15) is 22.4 Å². The van der Waals surface area contributed by atoms with E-state index in [-0.39, 0.29) is 0 Å². The van der Waals surface area contributed by atoms with E-state index in [9.17, 15) is 0 Å². The molecule has 0 spiro atoms. The largest absolute Gasteiger partial charge is 0.496 e. The second kappa shape index (κ2) is 5.02. The van der Waals surface area contributed by atoms with E-state index in [1.807, 2.05) is 6.92 Å². The highest BCUT2D eigenvalue weighted by molar-refractivity contribution is 9.11. The van der Waals surface area contributed by atoms with E-state index in [1.165, 1.54) is 16.7 Å². The summed E-state index contributed by atoms with van der Waals surface area (Å²) >= 11 is 5.18. The predicted octanol–water partition coefficient (Wildman–Crippen LogP) is 4.81. The maximum atomic E-state index is 5.59. The summed E-state index contributed by atoms with van der Waals surface area (Å²) in [6.07, 6.45) is 0. The van der Waals surface area contributed by atoms with E-state index in [0.29, 0.717) is 0 Å². The second-order valence-electron chi connectivity index (χ2n) is 4.42. The quantitative estimate of drug-likeness (QED) is 0.790. The fraction of sp³-hybridized carbons (Fsp3) is 0.357. The predicted molar refractivity (Wildman–Crippen MR) is 80.8 cm³/mol. The first-order valence-corrected chi connectivity index (χ1v) is 7.34. The van der Waals surface area contributed by atoms with Crippen molar-refractivity contribution in [1.82, 2.24) is 4.98 Å². The van der Waals surface area contributed by atoms with Crippen LogP contribution >= 0.6 is 27.3 Å². The van der Waals surface area contributed by atoms with Gasteiger partial charge >= 0.3 is 0 Å². The van der Waals surface area contributed by atoms with Gasteiger partial charge in [-0.25, -0.2) is 4.98 Å². The van der Waals surface area contributed by atoms with Gasteiger partial charge in [0.15, 0.2) is 0 Å². The molecule has 0 atom stereocenters. The van der Waals surface area contributed by atoms with Gasteiger partial charge in [-0.15, -0.1) is 11.3 Å². The maximum Gasteiger partial charge on any atom is 0.132 e. The van der Waals surface area contributed by atoms with Gasteiger partial charge in [0.1, 0.15) is 10.8 Å². The zero-order chi connectivity index (χ0) is 13.4. The molecule has 18 heavy (non-hydrogen) atoms. The summed E-state index contributed by atoms with van der Waals surface area (Å²) in [6, 6.07) is 2.19. The van der Waals surface area contributed by atoms with Gasteiger partial charge in [-0.1, -0.05) is 6.07 Å². The number of ether oxygens (including phenoxy) is 1. The Labute approximate surface area is 120 Å². The summed E-state index contributed by atoms with van der Waals surface area (Å²) in [5.74, 6) is 0.939. The molecule has 4 heteroatoms. The van der Waals surface area contributed by atoms with Crippen LogP contribution in [0, 0.1) is 27.7 Å². The summed E-state index contributed by atoms with van der Waals surface area (Å²) in [6.45, 7) is 8.31. The van der Waals surface area contributed by atoms with E-state index in [0.717, 1.165) is 25.8 Å². The monoisotopic (exact) mass is 325 g/mol. The minimum Gasteiger partial charge on any atom is -0.496 e. The lowest BCUT2D eigenvalue weighted by Gasteiger charge is -2.14. The molecule has 1 aromatic carbocycles. The van der Waals surface area contributed by atoms with Crippen molar-refractivity contribution in [3.63, 3.8) is 0 Å². The van der Waals surface area contributed by atoms with Gasteiger partial charge < -0.3 is 4.74 Å². The molecule has 0 saturated heterocycles. The lowest BCUT2D eigenvalue weighted by Crippen LogP contribution is -1.96. The normalized spacial score (nSPS) is 10.8. The van der Waals surface area contributed by atoms with Crippen LogP contribution in [-0.2, 0) is 0 Å². The van der Waals surface area contributed by atoms with E-state index < -0.39 is 0 Å². The van der Waals surface area contributed by atoms with Crippen molar-refractivity contribution in [2.24, 2.45) is 0 Å². The minimum absolute atomic E-state index is 0.939. The van der Waals surface area contributed by atoms with E-state index in [4.69, 9.17) is 4.74 Å². The van der Waals surface area contributed by atoms with Crippen LogP contribution in [-0.4, -0.2) is 12.1 Å². The third-order valence-electron chi connectivity index (χ3n) is 3.14. The molecule has 2 nitrogen and oxygen atoms in total. The van der Waals surface area contributed by atoms with Crippen molar-refractivity contribution in [2.75, 3.05) is 7.11 Å². The molecule has 0 aliphatic heterocycles. The summed E-state index contributed by atoms with van der Waals surface area (Å²) in [7, 11) is 1.72. The molecule has 0 aliphatic rings. The average Bonchev–Trinajstić information content (AvgIpc) is 2.63. The summed E-state index contributed by atoms with van der Waals surface area (Å²) in [5.41, 5.74) is 5.77. The number of aromatic nitrogens is 1. The molecule has 0 fully saturated rings. The first kappa shape index (κ1) is 13.6. The number of halogens is 1. The maximum absolute atomic E-state index is 5.59. The SMILES string of the molecule is COc1c(C)c(C)cc(C)c1-c1nc(C)c(Br)s1. The number of methoxy groups -OCH3 is 1. The molecule has 1 heterocycles. The Morgan fingerprint density at radius 1 is 1.17 bits per heavy atom. The van der Waals surface area contributed by atoms with Gasteiger partial charge in [0.25, 0.3) is 0 Å². The smallest absolute Gasteiger partial charge is 0.132 e. The molecule has 1 aromatic heterocycles. The molecule has 0 aliphatic carbocycles. The number of thiazole rings is 1. The molecule has 0 bridgehead atoms. The summed E-state index contributed by atoms with van der Waals surface area (Å²) in [4.78, 5) is 4.61. The summed E-state index contributed by atoms with van der Waals surface area (Å²) < 4.78 is 6.67. The Morgan fingerprint density at radius 3 is 2.33 bits per heavy atom. The van der Waals surface area contributed by atoms with Gasteiger partial charge in [-0.2, -0.15) is 0 Å². The number of hydrogen-bond acceptors (Lipinski definition) is 3. The number of rotatable bonds is 2. The van der Waals surface area contributed by atoms with Crippen molar-refractivity contribution in [3.8, 4) is 16.3 Å². The van der Waals surface area contributed by atoms with Crippen LogP contribution in [0.3, 0.4) is 0 Å². The van der Waals surface area contributed by atoms with Crippen molar-refractivity contribution in [3.05, 3.63) is 32.2 Å². The minimum atomic E-state index is 0.939. The molecule has 2 rings (SSSR count). The first-order valence-electron chi connectivity index (χ1n) is 5.73. The average molecular weight is 326 g/mol. The Hall–Kier alpha value is -0.870. The molecule has 0 radical (unpaired) electrons. The Morgan fingerprint density at radius 2 is 1.83 bits per heavy atom. The highest BCUT2D eigenvalue weighted by Crippen LogP contribution is 2.41. The van der Waals surface area contributed by atoms with Gasteiger partial charge in [-0.05, 0) is 60.3 Å². The molecular weight excluding hydrogens is 310 g/mol. The lowest BCUT2D eigenvalue weighted by atomic mass is 9.99. The Bertz CT molecular complexity index is 585. The molecule has 2 aromatic rings. The fourth-order valence-corrected chi connectivity index (χ4v) is 3.51. The van der Waals surface area contributed by atoms with Crippen LogP contribution < -0.4 is 4.74 Å². The van der Waals surface area contributed by atoms with E-state index >= 15 is 0 Å². The lowest BCUT2D eigenvalue weighted by molar-refractivity contribution is 0.412. The molecule has 0 N–H and O–H groups in total. The molecule has 0 unspecified atom stereocenters. The van der Waals surface area contributed by atoms with Gasteiger partial charge in [-0.3, -0.25) is 0 Å². The number of nitrogens with zero attached hydrogens (tertiary/aromatic N) is 1. The van der Waals surface area contributed by atoms with Crippen LogP contribution in [0.5, 0.6) is 5.75 Å². The van der Waals surface area contributed by atoms with Crippen molar-refractivity contribution >= 4 is 27.3 Å². The highest BCUT2D eigenvalue weighted by Gasteiger charge is 2.18. The molecule has 0 saturated carbocycles. The second-order valence-corrected chi connectivity index (χ2v) is 6.74. The zero-order valence-corrected chi connectivity index (χ0v) is 13.6. The third kappa shape index (κ3) is 2.19. The van der Waals surface area contributed by atoms with Crippen LogP contribution in [0.15, 0.2) is 9.85 Å². The van der Waals surface area contributed by atoms with Crippen LogP contribution in [0.2, 0.25) is 0 Å². The van der Waals surface area contributed by atoms with E-state index in [1.54, 1.807) is 18.4 Å². The third-order valence-corrected chi connectivity index (χ3v) is 5.17. The highest BCUT2D eigenvalue weighted by atomic mass is 79.9. The Balaban J connectivity index is 2.74. The van der Waals surface area contributed by atoms with Gasteiger partial charge in [0.2, 0.25) is 0 Å². The van der Waals surface area contributed by atoms with Crippen LogP contribution in [0.4, 0.5) is 0 Å². The van der Waals surface area contributed by atoms with E-state index in [2.05, 4.69) is 47.8 Å². The molecule has 0 amide bonds. The Kier molecular flexibility index (Phi) is 3.78. The first-order chi connectivity index (χ1) is 8.45. The van der Waals surface area contributed by atoms with Gasteiger partial charge in [0.05, 0.1) is 22.2 Å². The topological polar surface area (TPSA) is 22.1 Å². The fourth-order valence-electron chi connectivity index (χ4n) is 2.06. The zero-order valence-electron chi connectivity index (χ0n) is 11.2.